The van der Waals surface area contributed by atoms with Gasteiger partial charge in [-0.1, -0.05) is 23.9 Å². The molecule has 3 rings (SSSR count). The lowest BCUT2D eigenvalue weighted by atomic mass is 10.1. The summed E-state index contributed by atoms with van der Waals surface area (Å²) in [6.45, 7) is 1.92. The summed E-state index contributed by atoms with van der Waals surface area (Å²) in [5.74, 6) is 1.06. The van der Waals surface area contributed by atoms with Gasteiger partial charge in [0.25, 0.3) is 5.91 Å². The van der Waals surface area contributed by atoms with Gasteiger partial charge in [-0.2, -0.15) is 5.26 Å². The highest BCUT2D eigenvalue weighted by molar-refractivity contribution is 8.13. The number of ketones is 1. The van der Waals surface area contributed by atoms with E-state index in [1.54, 1.807) is 53.4 Å². The Kier molecular flexibility index (Phi) is 6.45. The van der Waals surface area contributed by atoms with Crippen LogP contribution in [0, 0.1) is 11.3 Å². The molecule has 0 radical (unpaired) electrons. The third kappa shape index (κ3) is 4.78. The van der Waals surface area contributed by atoms with Crippen molar-refractivity contribution in [3.63, 3.8) is 0 Å². The van der Waals surface area contributed by atoms with E-state index >= 15 is 0 Å². The molecule has 1 heterocycles. The van der Waals surface area contributed by atoms with Crippen LogP contribution in [0.1, 0.15) is 29.3 Å². The molecule has 2 aromatic carbocycles. The Labute approximate surface area is 167 Å². The second-order valence-corrected chi connectivity index (χ2v) is 7.20. The molecular formula is C21H19N3O3S. The summed E-state index contributed by atoms with van der Waals surface area (Å²) >= 11 is 1.51. The van der Waals surface area contributed by atoms with Gasteiger partial charge < -0.3 is 4.74 Å². The number of amides is 1. The van der Waals surface area contributed by atoms with Crippen molar-refractivity contribution >= 4 is 34.3 Å². The van der Waals surface area contributed by atoms with Crippen LogP contribution in [0.2, 0.25) is 0 Å². The number of aliphatic imine (C=N–C) groups is 1. The molecule has 0 atom stereocenters. The van der Waals surface area contributed by atoms with Gasteiger partial charge in [0.05, 0.1) is 11.3 Å². The zero-order valence-corrected chi connectivity index (χ0v) is 16.2. The van der Waals surface area contributed by atoms with Crippen LogP contribution in [0.4, 0.5) is 5.69 Å². The van der Waals surface area contributed by atoms with Gasteiger partial charge in [-0.25, -0.2) is 4.99 Å². The molecule has 0 N–H and O–H groups in total. The van der Waals surface area contributed by atoms with E-state index in [-0.39, 0.29) is 18.3 Å². The van der Waals surface area contributed by atoms with Gasteiger partial charge in [-0.05, 0) is 49.7 Å². The molecule has 0 aliphatic carbocycles. The van der Waals surface area contributed by atoms with Gasteiger partial charge in [-0.15, -0.1) is 0 Å². The van der Waals surface area contributed by atoms with Crippen molar-refractivity contribution in [1.29, 1.82) is 5.26 Å². The molecular weight excluding hydrogens is 374 g/mol. The highest BCUT2D eigenvalue weighted by Crippen LogP contribution is 2.23. The van der Waals surface area contributed by atoms with Crippen molar-refractivity contribution in [2.24, 2.45) is 4.99 Å². The minimum Gasteiger partial charge on any atom is -0.482 e. The third-order valence-corrected chi connectivity index (χ3v) is 5.21. The predicted octanol–water partition coefficient (Wildman–Crippen LogP) is 3.79. The minimum atomic E-state index is -0.209. The van der Waals surface area contributed by atoms with Crippen LogP contribution in [-0.2, 0) is 4.79 Å². The molecule has 1 amide bonds. The van der Waals surface area contributed by atoms with E-state index in [1.807, 2.05) is 0 Å². The van der Waals surface area contributed by atoms with Crippen molar-refractivity contribution < 1.29 is 14.3 Å². The summed E-state index contributed by atoms with van der Waals surface area (Å²) in [5, 5.41) is 9.74. The molecule has 7 heteroatoms. The van der Waals surface area contributed by atoms with Gasteiger partial charge in [0.1, 0.15) is 11.8 Å². The second-order valence-electron chi connectivity index (χ2n) is 6.14. The number of amidine groups is 1. The molecule has 0 bridgehead atoms. The largest absolute Gasteiger partial charge is 0.482 e. The summed E-state index contributed by atoms with van der Waals surface area (Å²) < 4.78 is 5.57. The number of hydrogen-bond donors (Lipinski definition) is 0. The summed E-state index contributed by atoms with van der Waals surface area (Å²) in [4.78, 5) is 30.3. The smallest absolute Gasteiger partial charge is 0.266 e. The number of benzene rings is 2. The SMILES string of the molecule is CC(=O)c1ccc(N=C2SCCCN2C(=O)COc2ccccc2C#N)cc1. The van der Waals surface area contributed by atoms with E-state index in [9.17, 15) is 9.59 Å². The quantitative estimate of drug-likeness (QED) is 0.722. The topological polar surface area (TPSA) is 82.8 Å². The van der Waals surface area contributed by atoms with Crippen molar-refractivity contribution in [1.82, 2.24) is 4.90 Å². The molecule has 0 saturated carbocycles. The summed E-state index contributed by atoms with van der Waals surface area (Å²) in [6.07, 6.45) is 0.869. The number of para-hydroxylation sites is 1. The first-order chi connectivity index (χ1) is 13.6. The fourth-order valence-electron chi connectivity index (χ4n) is 2.67. The molecule has 0 spiro atoms. The maximum atomic E-state index is 12.7. The number of carbonyl (C=O) groups is 2. The lowest BCUT2D eigenvalue weighted by Crippen LogP contribution is -2.41. The summed E-state index contributed by atoms with van der Waals surface area (Å²) in [6, 6.07) is 15.9. The Bertz CT molecular complexity index is 948. The van der Waals surface area contributed by atoms with Crippen LogP contribution in [0.15, 0.2) is 53.5 Å². The number of ether oxygens (including phenoxy) is 1. The Balaban J connectivity index is 1.72. The van der Waals surface area contributed by atoms with Gasteiger partial charge in [0.2, 0.25) is 0 Å². The average molecular weight is 393 g/mol. The molecule has 28 heavy (non-hydrogen) atoms. The number of nitrogens with zero attached hydrogens (tertiary/aromatic N) is 3. The molecule has 1 aliphatic heterocycles. The minimum absolute atomic E-state index is 0.00199. The second kappa shape index (κ2) is 9.20. The van der Waals surface area contributed by atoms with Gasteiger partial charge >= 0.3 is 0 Å². The number of hydrogen-bond acceptors (Lipinski definition) is 6. The Morgan fingerprint density at radius 1 is 1.21 bits per heavy atom. The zero-order chi connectivity index (χ0) is 19.9. The van der Waals surface area contributed by atoms with Crippen molar-refractivity contribution in [3.05, 3.63) is 59.7 Å². The molecule has 1 saturated heterocycles. The number of thioether (sulfide) groups is 1. The molecule has 6 nitrogen and oxygen atoms in total. The normalized spacial score (nSPS) is 15.1. The van der Waals surface area contributed by atoms with Crippen LogP contribution in [-0.4, -0.2) is 40.7 Å². The lowest BCUT2D eigenvalue weighted by Gasteiger charge is -2.27. The van der Waals surface area contributed by atoms with E-state index in [0.717, 1.165) is 12.2 Å². The number of nitriles is 1. The van der Waals surface area contributed by atoms with Crippen LogP contribution >= 0.6 is 11.8 Å². The first-order valence-corrected chi connectivity index (χ1v) is 9.82. The number of carbonyl (C=O) groups excluding carboxylic acids is 2. The first kappa shape index (κ1) is 19.6. The lowest BCUT2D eigenvalue weighted by molar-refractivity contribution is -0.129. The first-order valence-electron chi connectivity index (χ1n) is 8.83. The van der Waals surface area contributed by atoms with E-state index in [0.29, 0.717) is 34.3 Å². The Morgan fingerprint density at radius 3 is 2.68 bits per heavy atom. The van der Waals surface area contributed by atoms with Gasteiger partial charge in [0.15, 0.2) is 17.6 Å². The number of Topliss-reactive ketones (excluding diaryl/α,β-unsaturated/α-hetero) is 1. The summed E-state index contributed by atoms with van der Waals surface area (Å²) in [5.41, 5.74) is 1.70. The fraction of sp³-hybridized carbons (Fsp3) is 0.238. The van der Waals surface area contributed by atoms with Crippen molar-refractivity contribution in [3.8, 4) is 11.8 Å². The molecule has 1 fully saturated rings. The van der Waals surface area contributed by atoms with Crippen LogP contribution in [0.25, 0.3) is 0 Å². The zero-order valence-electron chi connectivity index (χ0n) is 15.4. The predicted molar refractivity (Wildman–Crippen MR) is 109 cm³/mol. The van der Waals surface area contributed by atoms with E-state index in [1.165, 1.54) is 18.7 Å². The maximum absolute atomic E-state index is 12.7. The Morgan fingerprint density at radius 2 is 1.96 bits per heavy atom. The average Bonchev–Trinajstić information content (AvgIpc) is 2.73. The van der Waals surface area contributed by atoms with E-state index in [4.69, 9.17) is 10.00 Å². The summed E-state index contributed by atoms with van der Waals surface area (Å²) in [7, 11) is 0. The van der Waals surface area contributed by atoms with Crippen LogP contribution in [0.3, 0.4) is 0 Å². The van der Waals surface area contributed by atoms with Crippen molar-refractivity contribution in [2.75, 3.05) is 18.9 Å². The molecule has 0 aromatic heterocycles. The van der Waals surface area contributed by atoms with Gasteiger partial charge in [-0.3, -0.25) is 14.5 Å². The molecule has 142 valence electrons. The molecule has 1 aliphatic rings. The van der Waals surface area contributed by atoms with E-state index < -0.39 is 0 Å². The van der Waals surface area contributed by atoms with Crippen LogP contribution in [0.5, 0.6) is 5.75 Å². The van der Waals surface area contributed by atoms with Crippen LogP contribution < -0.4 is 4.74 Å². The number of rotatable bonds is 5. The van der Waals surface area contributed by atoms with Crippen molar-refractivity contribution in [2.45, 2.75) is 13.3 Å². The highest BCUT2D eigenvalue weighted by Gasteiger charge is 2.24. The Hall–Kier alpha value is -3.11. The monoisotopic (exact) mass is 393 g/mol. The fourth-order valence-corrected chi connectivity index (χ4v) is 3.64. The molecule has 2 aromatic rings. The highest BCUT2D eigenvalue weighted by atomic mass is 32.2. The molecule has 0 unspecified atom stereocenters. The maximum Gasteiger partial charge on any atom is 0.266 e. The standard InChI is InChI=1S/C21H19N3O3S/c1-15(25)16-7-9-18(10-8-16)23-21-24(11-4-12-28-21)20(26)14-27-19-6-3-2-5-17(19)13-22/h2-3,5-10H,4,11-12,14H2,1H3. The van der Waals surface area contributed by atoms with E-state index in [2.05, 4.69) is 11.1 Å². The van der Waals surface area contributed by atoms with Gasteiger partial charge in [0, 0.05) is 17.9 Å². The third-order valence-electron chi connectivity index (χ3n) is 4.15.